The van der Waals surface area contributed by atoms with Crippen LogP contribution in [0.15, 0.2) is 29.8 Å². The van der Waals surface area contributed by atoms with Crippen LogP contribution in [0.4, 0.5) is 8.78 Å². The van der Waals surface area contributed by atoms with Crippen LogP contribution in [0.2, 0.25) is 0 Å². The molecule has 0 radical (unpaired) electrons. The van der Waals surface area contributed by atoms with Gasteiger partial charge in [-0.15, -0.1) is 0 Å². The number of imidazole rings is 1. The van der Waals surface area contributed by atoms with Crippen molar-refractivity contribution in [1.29, 1.82) is 0 Å². The molecule has 1 fully saturated rings. The molecule has 0 saturated carbocycles. The van der Waals surface area contributed by atoms with Crippen molar-refractivity contribution in [2.45, 2.75) is 32.4 Å². The molecular weight excluding hydrogens is 328 g/mol. The van der Waals surface area contributed by atoms with Crippen molar-refractivity contribution < 1.29 is 8.78 Å². The minimum atomic E-state index is -2.60. The monoisotopic (exact) mass is 351 g/mol. The molecular formula is C16H23F2N7. The third-order valence-electron chi connectivity index (χ3n) is 4.35. The van der Waals surface area contributed by atoms with Crippen LogP contribution in [0.5, 0.6) is 0 Å². The van der Waals surface area contributed by atoms with Crippen LogP contribution in [-0.2, 0) is 13.6 Å². The number of nitrogens with zero attached hydrogens (tertiary/aromatic N) is 6. The summed E-state index contributed by atoms with van der Waals surface area (Å²) in [5, 5.41) is 7.48. The zero-order valence-electron chi connectivity index (χ0n) is 14.4. The molecule has 0 amide bonds. The van der Waals surface area contributed by atoms with Crippen LogP contribution >= 0.6 is 0 Å². The second kappa shape index (κ2) is 7.62. The Morgan fingerprint density at radius 2 is 2.32 bits per heavy atom. The van der Waals surface area contributed by atoms with Gasteiger partial charge in [-0.2, -0.15) is 13.9 Å². The Morgan fingerprint density at radius 1 is 1.48 bits per heavy atom. The summed E-state index contributed by atoms with van der Waals surface area (Å²) in [4.78, 5) is 10.7. The van der Waals surface area contributed by atoms with E-state index in [4.69, 9.17) is 0 Å². The molecule has 1 aliphatic heterocycles. The molecule has 0 bridgehead atoms. The highest BCUT2D eigenvalue weighted by Crippen LogP contribution is 2.26. The quantitative estimate of drug-likeness (QED) is 0.661. The molecule has 2 aromatic heterocycles. The number of rotatable bonds is 5. The number of guanidine groups is 1. The lowest BCUT2D eigenvalue weighted by atomic mass is 10.0. The van der Waals surface area contributed by atoms with E-state index in [0.29, 0.717) is 5.92 Å². The lowest BCUT2D eigenvalue weighted by molar-refractivity contribution is 0.0671. The minimum absolute atomic E-state index is 0.119. The van der Waals surface area contributed by atoms with E-state index in [1.165, 1.54) is 18.0 Å². The maximum atomic E-state index is 12.9. The maximum Gasteiger partial charge on any atom is 0.319 e. The van der Waals surface area contributed by atoms with Crippen molar-refractivity contribution in [3.05, 3.63) is 36.2 Å². The average Bonchev–Trinajstić information content (AvgIpc) is 3.31. The van der Waals surface area contributed by atoms with Gasteiger partial charge in [-0.3, -0.25) is 9.25 Å². The van der Waals surface area contributed by atoms with Crippen molar-refractivity contribution in [2.24, 2.45) is 12.0 Å². The van der Waals surface area contributed by atoms with Crippen LogP contribution < -0.4 is 5.32 Å². The summed E-state index contributed by atoms with van der Waals surface area (Å²) in [5.74, 6) is 1.40. The molecule has 1 aliphatic rings. The normalized spacial score (nSPS) is 18.4. The zero-order valence-corrected chi connectivity index (χ0v) is 14.4. The van der Waals surface area contributed by atoms with Gasteiger partial charge < -0.3 is 10.2 Å². The van der Waals surface area contributed by atoms with Gasteiger partial charge in [0.2, 0.25) is 0 Å². The summed E-state index contributed by atoms with van der Waals surface area (Å²) in [7, 11) is 1.91. The van der Waals surface area contributed by atoms with Crippen LogP contribution in [0.3, 0.4) is 0 Å². The molecule has 25 heavy (non-hydrogen) atoms. The fraction of sp³-hybridized carbons (Fsp3) is 0.562. The van der Waals surface area contributed by atoms with Crippen molar-refractivity contribution in [3.63, 3.8) is 0 Å². The first-order chi connectivity index (χ1) is 12.1. The third kappa shape index (κ3) is 3.97. The lowest BCUT2D eigenvalue weighted by Gasteiger charge is -2.21. The van der Waals surface area contributed by atoms with E-state index < -0.39 is 6.55 Å². The number of hydrogen-bond donors (Lipinski definition) is 1. The molecule has 9 heteroatoms. The fourth-order valence-electron chi connectivity index (χ4n) is 3.09. The summed E-state index contributed by atoms with van der Waals surface area (Å²) < 4.78 is 28.5. The average molecular weight is 351 g/mol. The fourth-order valence-corrected chi connectivity index (χ4v) is 3.09. The van der Waals surface area contributed by atoms with E-state index in [9.17, 15) is 8.78 Å². The van der Waals surface area contributed by atoms with Gasteiger partial charge in [0, 0.05) is 51.2 Å². The molecule has 3 rings (SSSR count). The number of aliphatic imine (C=N–C) groups is 1. The summed E-state index contributed by atoms with van der Waals surface area (Å²) in [5.41, 5.74) is 1.22. The molecule has 1 N–H and O–H groups in total. The number of nitrogens with one attached hydrogen (secondary N) is 1. The number of halogens is 2. The van der Waals surface area contributed by atoms with E-state index in [1.54, 1.807) is 4.68 Å². The van der Waals surface area contributed by atoms with E-state index in [0.717, 1.165) is 36.6 Å². The Hall–Kier alpha value is -2.45. The van der Waals surface area contributed by atoms with Gasteiger partial charge in [0.25, 0.3) is 0 Å². The zero-order chi connectivity index (χ0) is 17.8. The standard InChI is InChI=1S/C16H23F2N7/c1-3-19-16(21-9-14-20-5-7-25(14)15(17)18)24-6-4-12(11-24)13-8-22-23(2)10-13/h5,7-8,10,12,15H,3-4,6,9,11H2,1-2H3,(H,19,21). The van der Waals surface area contributed by atoms with E-state index in [1.807, 2.05) is 26.4 Å². The van der Waals surface area contributed by atoms with Gasteiger partial charge in [0.05, 0.1) is 6.20 Å². The first-order valence-corrected chi connectivity index (χ1v) is 8.40. The Balaban J connectivity index is 1.69. The van der Waals surface area contributed by atoms with Crippen molar-refractivity contribution >= 4 is 5.96 Å². The first-order valence-electron chi connectivity index (χ1n) is 8.40. The predicted octanol–water partition coefficient (Wildman–Crippen LogP) is 1.97. The summed E-state index contributed by atoms with van der Waals surface area (Å²) >= 11 is 0. The molecule has 0 spiro atoms. The van der Waals surface area contributed by atoms with Crippen molar-refractivity contribution in [3.8, 4) is 0 Å². The Labute approximate surface area is 145 Å². The van der Waals surface area contributed by atoms with Crippen LogP contribution in [-0.4, -0.2) is 49.8 Å². The summed E-state index contributed by atoms with van der Waals surface area (Å²) in [6.45, 7) is 1.93. The smallest absolute Gasteiger partial charge is 0.319 e. The summed E-state index contributed by atoms with van der Waals surface area (Å²) in [6, 6.07) is 0. The second-order valence-corrected chi connectivity index (χ2v) is 6.08. The van der Waals surface area contributed by atoms with Crippen LogP contribution in [0, 0.1) is 0 Å². The molecule has 1 unspecified atom stereocenters. The van der Waals surface area contributed by atoms with Gasteiger partial charge in [-0.05, 0) is 18.9 Å². The van der Waals surface area contributed by atoms with Crippen molar-refractivity contribution in [2.75, 3.05) is 19.6 Å². The number of aromatic nitrogens is 4. The molecule has 3 heterocycles. The van der Waals surface area contributed by atoms with E-state index in [2.05, 4.69) is 25.3 Å². The second-order valence-electron chi connectivity index (χ2n) is 6.08. The Morgan fingerprint density at radius 3 is 3.00 bits per heavy atom. The topological polar surface area (TPSA) is 63.3 Å². The van der Waals surface area contributed by atoms with E-state index in [-0.39, 0.29) is 12.4 Å². The molecule has 1 atom stereocenters. The highest BCUT2D eigenvalue weighted by molar-refractivity contribution is 5.80. The SMILES string of the molecule is CCNC(=NCc1nccn1C(F)F)N1CCC(c2cnn(C)c2)C1. The van der Waals surface area contributed by atoms with Gasteiger partial charge in [0.15, 0.2) is 5.96 Å². The largest absolute Gasteiger partial charge is 0.357 e. The first kappa shape index (κ1) is 17.4. The number of aryl methyl sites for hydroxylation is 1. The van der Waals surface area contributed by atoms with Crippen LogP contribution in [0.1, 0.15) is 37.2 Å². The van der Waals surface area contributed by atoms with Crippen LogP contribution in [0.25, 0.3) is 0 Å². The highest BCUT2D eigenvalue weighted by Gasteiger charge is 2.27. The van der Waals surface area contributed by atoms with Gasteiger partial charge >= 0.3 is 6.55 Å². The minimum Gasteiger partial charge on any atom is -0.357 e. The third-order valence-corrected chi connectivity index (χ3v) is 4.35. The molecule has 136 valence electrons. The highest BCUT2D eigenvalue weighted by atomic mass is 19.3. The molecule has 1 saturated heterocycles. The van der Waals surface area contributed by atoms with E-state index >= 15 is 0 Å². The lowest BCUT2D eigenvalue weighted by Crippen LogP contribution is -2.40. The van der Waals surface area contributed by atoms with Gasteiger partial charge in [-0.1, -0.05) is 0 Å². The summed E-state index contributed by atoms with van der Waals surface area (Å²) in [6.07, 6.45) is 7.60. The maximum absolute atomic E-state index is 12.9. The number of alkyl halides is 2. The number of likely N-dealkylation sites (tertiary alicyclic amines) is 1. The molecule has 7 nitrogen and oxygen atoms in total. The Bertz CT molecular complexity index is 722. The van der Waals surface area contributed by atoms with Crippen molar-refractivity contribution in [1.82, 2.24) is 29.5 Å². The molecule has 0 aliphatic carbocycles. The number of hydrogen-bond acceptors (Lipinski definition) is 3. The molecule has 2 aromatic rings. The predicted molar refractivity (Wildman–Crippen MR) is 90.4 cm³/mol. The van der Waals surface area contributed by atoms with Gasteiger partial charge in [-0.25, -0.2) is 9.98 Å². The molecule has 0 aromatic carbocycles. The Kier molecular flexibility index (Phi) is 5.30. The van der Waals surface area contributed by atoms with Gasteiger partial charge in [0.1, 0.15) is 12.4 Å².